The van der Waals surface area contributed by atoms with Gasteiger partial charge in [0, 0.05) is 39.3 Å². The van der Waals surface area contributed by atoms with E-state index in [0.29, 0.717) is 5.92 Å². The molecule has 0 aromatic carbocycles. The average molecular weight is 405 g/mol. The Labute approximate surface area is 177 Å². The van der Waals surface area contributed by atoms with E-state index < -0.39 is 0 Å². The van der Waals surface area contributed by atoms with Crippen molar-refractivity contribution >= 4 is 0 Å². The van der Waals surface area contributed by atoms with Crippen LogP contribution in [-0.2, 0) is 18.9 Å². The Hall–Kier alpha value is -0.160. The van der Waals surface area contributed by atoms with Crippen LogP contribution in [-0.4, -0.2) is 54.9 Å². The number of hydrogen-bond donors (Lipinski definition) is 0. The van der Waals surface area contributed by atoms with E-state index in [1.165, 1.54) is 32.1 Å². The van der Waals surface area contributed by atoms with E-state index in [4.69, 9.17) is 18.9 Å². The Bertz CT molecular complexity index is 317. The van der Waals surface area contributed by atoms with Gasteiger partial charge in [0.05, 0.1) is 26.4 Å². The summed E-state index contributed by atoms with van der Waals surface area (Å²) >= 11 is 0. The largest absolute Gasteiger partial charge is 0.384 e. The molecular weight excluding hydrogens is 352 g/mol. The van der Waals surface area contributed by atoms with Gasteiger partial charge in [-0.15, -0.1) is 0 Å². The topological polar surface area (TPSA) is 36.9 Å². The van der Waals surface area contributed by atoms with Crippen LogP contribution in [0.15, 0.2) is 0 Å². The summed E-state index contributed by atoms with van der Waals surface area (Å²) in [4.78, 5) is 0. The van der Waals surface area contributed by atoms with Gasteiger partial charge in [-0.25, -0.2) is 0 Å². The number of rotatable bonds is 16. The fourth-order valence-electron chi connectivity index (χ4n) is 3.69. The summed E-state index contributed by atoms with van der Waals surface area (Å²) in [6.07, 6.45) is 7.28. The molecule has 4 heteroatoms. The molecule has 0 saturated carbocycles. The molecule has 0 aliphatic carbocycles. The lowest BCUT2D eigenvalue weighted by atomic mass is 9.74. The van der Waals surface area contributed by atoms with Crippen molar-refractivity contribution in [3.63, 3.8) is 0 Å². The molecule has 0 bridgehead atoms. The Morgan fingerprint density at radius 1 is 0.679 bits per heavy atom. The number of ether oxygens (including phenoxy) is 4. The zero-order valence-corrected chi connectivity index (χ0v) is 20.9. The van der Waals surface area contributed by atoms with E-state index in [0.717, 1.165) is 38.8 Å². The van der Waals surface area contributed by atoms with Crippen LogP contribution in [0.1, 0.15) is 80.1 Å². The minimum absolute atomic E-state index is 0.188. The van der Waals surface area contributed by atoms with Crippen LogP contribution in [0.4, 0.5) is 0 Å². The van der Waals surface area contributed by atoms with Crippen LogP contribution in [0, 0.1) is 22.7 Å². The van der Waals surface area contributed by atoms with Gasteiger partial charge < -0.3 is 18.9 Å². The van der Waals surface area contributed by atoms with Crippen molar-refractivity contribution in [2.75, 3.05) is 54.9 Å². The zero-order chi connectivity index (χ0) is 22.1. The molecule has 0 aromatic rings. The molecule has 0 heterocycles. The minimum Gasteiger partial charge on any atom is -0.384 e. The number of hydrogen-bond acceptors (Lipinski definition) is 4. The van der Waals surface area contributed by atoms with Crippen LogP contribution in [0.25, 0.3) is 0 Å². The standard InChI is InChI=1S/C13H28O2.C11H24O2/c1-11(2)7-8-13(9-14-5,10-15-6)12(3)4;1-5-7-8-11(6-2,9-12-3)10-13-4/h11-12H,7-10H2,1-6H3;5-10H2,1-4H3. The molecule has 0 radical (unpaired) electrons. The summed E-state index contributed by atoms with van der Waals surface area (Å²) in [5.74, 6) is 1.34. The highest BCUT2D eigenvalue weighted by atomic mass is 16.5. The second kappa shape index (κ2) is 17.7. The summed E-state index contributed by atoms with van der Waals surface area (Å²) < 4.78 is 21.3. The van der Waals surface area contributed by atoms with Crippen molar-refractivity contribution in [1.29, 1.82) is 0 Å². The molecule has 0 aliphatic rings. The number of methoxy groups -OCH3 is 4. The summed E-state index contributed by atoms with van der Waals surface area (Å²) in [5, 5.41) is 0. The number of unbranched alkanes of at least 4 members (excludes halogenated alkanes) is 1. The Kier molecular flexibility index (Phi) is 19.0. The predicted octanol–water partition coefficient (Wildman–Crippen LogP) is 6.22. The molecule has 0 saturated heterocycles. The molecule has 0 unspecified atom stereocenters. The highest BCUT2D eigenvalue weighted by molar-refractivity contribution is 4.82. The molecule has 0 rings (SSSR count). The lowest BCUT2D eigenvalue weighted by Crippen LogP contribution is -2.37. The third-order valence-corrected chi connectivity index (χ3v) is 6.02. The van der Waals surface area contributed by atoms with Gasteiger partial charge in [0.2, 0.25) is 0 Å². The molecule has 0 spiro atoms. The fourth-order valence-corrected chi connectivity index (χ4v) is 3.69. The maximum absolute atomic E-state index is 5.37. The Morgan fingerprint density at radius 3 is 1.43 bits per heavy atom. The molecule has 172 valence electrons. The van der Waals surface area contributed by atoms with Crippen molar-refractivity contribution in [3.8, 4) is 0 Å². The van der Waals surface area contributed by atoms with Gasteiger partial charge in [0.15, 0.2) is 0 Å². The van der Waals surface area contributed by atoms with Crippen molar-refractivity contribution in [1.82, 2.24) is 0 Å². The van der Waals surface area contributed by atoms with Crippen LogP contribution in [0.5, 0.6) is 0 Å². The molecule has 0 atom stereocenters. The van der Waals surface area contributed by atoms with Gasteiger partial charge in [-0.2, -0.15) is 0 Å². The lowest BCUT2D eigenvalue weighted by molar-refractivity contribution is -0.0290. The van der Waals surface area contributed by atoms with Crippen molar-refractivity contribution in [2.24, 2.45) is 22.7 Å². The molecule has 0 aromatic heterocycles. The van der Waals surface area contributed by atoms with Crippen LogP contribution in [0.3, 0.4) is 0 Å². The van der Waals surface area contributed by atoms with E-state index in [9.17, 15) is 0 Å². The van der Waals surface area contributed by atoms with Crippen LogP contribution in [0.2, 0.25) is 0 Å². The van der Waals surface area contributed by atoms with E-state index in [-0.39, 0.29) is 10.8 Å². The normalized spacial score (nSPS) is 12.4. The molecule has 0 N–H and O–H groups in total. The maximum Gasteiger partial charge on any atom is 0.0543 e. The third kappa shape index (κ3) is 12.4. The van der Waals surface area contributed by atoms with Crippen molar-refractivity contribution in [2.45, 2.75) is 80.1 Å². The van der Waals surface area contributed by atoms with Gasteiger partial charge in [-0.1, -0.05) is 60.8 Å². The minimum atomic E-state index is 0.188. The zero-order valence-electron chi connectivity index (χ0n) is 20.9. The molecule has 0 aliphatic heterocycles. The van der Waals surface area contributed by atoms with E-state index in [1.807, 2.05) is 0 Å². The highest BCUT2D eigenvalue weighted by Gasteiger charge is 2.33. The van der Waals surface area contributed by atoms with Crippen LogP contribution >= 0.6 is 0 Å². The molecule has 0 amide bonds. The molecule has 0 fully saturated rings. The first kappa shape index (κ1) is 30.0. The first-order chi connectivity index (χ1) is 13.2. The van der Waals surface area contributed by atoms with Crippen molar-refractivity contribution < 1.29 is 18.9 Å². The smallest absolute Gasteiger partial charge is 0.0543 e. The highest BCUT2D eigenvalue weighted by Crippen LogP contribution is 2.35. The lowest BCUT2D eigenvalue weighted by Gasteiger charge is -2.37. The van der Waals surface area contributed by atoms with Crippen LogP contribution < -0.4 is 0 Å². The third-order valence-electron chi connectivity index (χ3n) is 6.02. The maximum atomic E-state index is 5.37. The summed E-state index contributed by atoms with van der Waals surface area (Å²) in [7, 11) is 7.10. The molecule has 4 nitrogen and oxygen atoms in total. The van der Waals surface area contributed by atoms with E-state index >= 15 is 0 Å². The monoisotopic (exact) mass is 404 g/mol. The second-order valence-corrected chi connectivity index (χ2v) is 9.14. The van der Waals surface area contributed by atoms with E-state index in [1.54, 1.807) is 28.4 Å². The summed E-state index contributed by atoms with van der Waals surface area (Å²) in [6.45, 7) is 16.7. The van der Waals surface area contributed by atoms with Gasteiger partial charge in [-0.3, -0.25) is 0 Å². The fraction of sp³-hybridized carbons (Fsp3) is 1.00. The molecule has 28 heavy (non-hydrogen) atoms. The summed E-state index contributed by atoms with van der Waals surface area (Å²) in [6, 6.07) is 0. The summed E-state index contributed by atoms with van der Waals surface area (Å²) in [5.41, 5.74) is 0.438. The van der Waals surface area contributed by atoms with Gasteiger partial charge >= 0.3 is 0 Å². The SMILES string of the molecule is CCCCC(CC)(COC)COC.COCC(CCC(C)C)(COC)C(C)C. The first-order valence-corrected chi connectivity index (χ1v) is 11.2. The van der Waals surface area contributed by atoms with Gasteiger partial charge in [-0.05, 0) is 31.1 Å². The quantitative estimate of drug-likeness (QED) is 0.306. The second-order valence-electron chi connectivity index (χ2n) is 9.14. The Balaban J connectivity index is 0. The van der Waals surface area contributed by atoms with Crippen molar-refractivity contribution in [3.05, 3.63) is 0 Å². The Morgan fingerprint density at radius 2 is 1.14 bits per heavy atom. The van der Waals surface area contributed by atoms with Gasteiger partial charge in [0.25, 0.3) is 0 Å². The predicted molar refractivity (Wildman–Crippen MR) is 121 cm³/mol. The average Bonchev–Trinajstić information content (AvgIpc) is 2.65. The first-order valence-electron chi connectivity index (χ1n) is 11.2. The van der Waals surface area contributed by atoms with Gasteiger partial charge in [0.1, 0.15) is 0 Å². The molecular formula is C24H52O4. The van der Waals surface area contributed by atoms with E-state index in [2.05, 4.69) is 41.5 Å².